The first-order valence-electron chi connectivity index (χ1n) is 6.36. The fourth-order valence-electron chi connectivity index (χ4n) is 1.84. The second-order valence-corrected chi connectivity index (χ2v) is 7.74. The van der Waals surface area contributed by atoms with Gasteiger partial charge in [-0.1, -0.05) is 6.07 Å². The van der Waals surface area contributed by atoms with Gasteiger partial charge in [-0.15, -0.1) is 11.3 Å². The van der Waals surface area contributed by atoms with Crippen molar-refractivity contribution in [2.45, 2.75) is 18.4 Å². The van der Waals surface area contributed by atoms with Crippen molar-refractivity contribution in [3.05, 3.63) is 46.4 Å². The number of carbonyl (C=O) groups is 1. The van der Waals surface area contributed by atoms with E-state index >= 15 is 0 Å². The molecule has 0 unspecified atom stereocenters. The van der Waals surface area contributed by atoms with Crippen molar-refractivity contribution >= 4 is 33.0 Å². The molecule has 0 saturated heterocycles. The fraction of sp³-hybridized carbons (Fsp3) is 0.214. The van der Waals surface area contributed by atoms with Gasteiger partial charge in [0.25, 0.3) is 0 Å². The molecule has 0 saturated carbocycles. The highest BCUT2D eigenvalue weighted by Crippen LogP contribution is 2.23. The summed E-state index contributed by atoms with van der Waals surface area (Å²) in [7, 11) is -2.31. The number of benzene rings is 1. The summed E-state index contributed by atoms with van der Waals surface area (Å²) < 4.78 is 39.8. The fourth-order valence-corrected chi connectivity index (χ4v) is 3.85. The minimum Gasteiger partial charge on any atom is -0.324 e. The predicted molar refractivity (Wildman–Crippen MR) is 83.7 cm³/mol. The van der Waals surface area contributed by atoms with Gasteiger partial charge in [0.2, 0.25) is 15.9 Å². The molecule has 8 heteroatoms. The lowest BCUT2D eigenvalue weighted by Crippen LogP contribution is -2.26. The Balaban J connectivity index is 2.30. The predicted octanol–water partition coefficient (Wildman–Crippen LogP) is 2.67. The van der Waals surface area contributed by atoms with Gasteiger partial charge in [-0.05, 0) is 29.6 Å². The van der Waals surface area contributed by atoms with Crippen molar-refractivity contribution in [2.24, 2.45) is 0 Å². The molecule has 2 aromatic rings. The largest absolute Gasteiger partial charge is 0.324 e. The SMILES string of the molecule is CC(=O)Nc1cc(S(=O)(=O)N(C)Cc2cccs2)ccc1F. The van der Waals surface area contributed by atoms with Gasteiger partial charge in [-0.25, -0.2) is 12.8 Å². The third-order valence-electron chi connectivity index (χ3n) is 2.92. The number of hydrogen-bond acceptors (Lipinski definition) is 4. The van der Waals surface area contributed by atoms with Crippen LogP contribution < -0.4 is 5.32 Å². The average Bonchev–Trinajstić information content (AvgIpc) is 2.93. The van der Waals surface area contributed by atoms with E-state index in [1.807, 2.05) is 17.5 Å². The molecule has 0 spiro atoms. The first kappa shape index (κ1) is 16.6. The zero-order chi connectivity index (χ0) is 16.3. The summed E-state index contributed by atoms with van der Waals surface area (Å²) in [5.74, 6) is -1.16. The van der Waals surface area contributed by atoms with Gasteiger partial charge < -0.3 is 5.32 Å². The molecule has 0 atom stereocenters. The molecule has 1 amide bonds. The number of halogens is 1. The number of hydrogen-bond donors (Lipinski definition) is 1. The molecule has 0 aliphatic rings. The van der Waals surface area contributed by atoms with Crippen LogP contribution in [0.2, 0.25) is 0 Å². The van der Waals surface area contributed by atoms with Crippen molar-refractivity contribution in [1.29, 1.82) is 0 Å². The standard InChI is InChI=1S/C14H15FN2O3S2/c1-10(18)16-14-8-12(5-6-13(14)15)22(19,20)17(2)9-11-4-3-7-21-11/h3-8H,9H2,1-2H3,(H,16,18). The molecule has 1 aromatic carbocycles. The summed E-state index contributed by atoms with van der Waals surface area (Å²) in [4.78, 5) is 11.9. The maximum atomic E-state index is 13.6. The molecule has 5 nitrogen and oxygen atoms in total. The Hall–Kier alpha value is -1.77. The third-order valence-corrected chi connectivity index (χ3v) is 5.58. The second kappa shape index (κ2) is 6.55. The van der Waals surface area contributed by atoms with E-state index in [9.17, 15) is 17.6 Å². The number of nitrogens with one attached hydrogen (secondary N) is 1. The van der Waals surface area contributed by atoms with E-state index in [0.717, 1.165) is 17.0 Å². The highest BCUT2D eigenvalue weighted by atomic mass is 32.2. The molecule has 0 radical (unpaired) electrons. The zero-order valence-corrected chi connectivity index (χ0v) is 13.7. The van der Waals surface area contributed by atoms with E-state index < -0.39 is 21.7 Å². The van der Waals surface area contributed by atoms with Crippen LogP contribution in [0.25, 0.3) is 0 Å². The van der Waals surface area contributed by atoms with Crippen LogP contribution in [0.3, 0.4) is 0 Å². The Morgan fingerprint density at radius 1 is 1.36 bits per heavy atom. The molecule has 1 N–H and O–H groups in total. The normalized spacial score (nSPS) is 11.6. The molecule has 0 fully saturated rings. The van der Waals surface area contributed by atoms with E-state index in [4.69, 9.17) is 0 Å². The van der Waals surface area contributed by atoms with Crippen molar-refractivity contribution in [2.75, 3.05) is 12.4 Å². The molecule has 0 aliphatic carbocycles. The Kier molecular flexibility index (Phi) is 4.94. The number of sulfonamides is 1. The summed E-state index contributed by atoms with van der Waals surface area (Å²) in [6, 6.07) is 7.01. The number of nitrogens with zero attached hydrogens (tertiary/aromatic N) is 1. The van der Waals surface area contributed by atoms with Gasteiger partial charge in [-0.3, -0.25) is 4.79 Å². The molecule has 118 valence electrons. The van der Waals surface area contributed by atoms with Crippen LogP contribution in [0.5, 0.6) is 0 Å². The lowest BCUT2D eigenvalue weighted by molar-refractivity contribution is -0.114. The molecule has 1 aromatic heterocycles. The molecule has 1 heterocycles. The lowest BCUT2D eigenvalue weighted by atomic mass is 10.3. The topological polar surface area (TPSA) is 66.5 Å². The van der Waals surface area contributed by atoms with E-state index in [-0.39, 0.29) is 17.1 Å². The van der Waals surface area contributed by atoms with Crippen molar-refractivity contribution < 1.29 is 17.6 Å². The summed E-state index contributed by atoms with van der Waals surface area (Å²) in [6.45, 7) is 1.45. The molecule has 22 heavy (non-hydrogen) atoms. The first-order chi connectivity index (χ1) is 10.3. The summed E-state index contributed by atoms with van der Waals surface area (Å²) in [5, 5.41) is 4.14. The minimum absolute atomic E-state index is 0.0725. The van der Waals surface area contributed by atoms with Gasteiger partial charge in [0.1, 0.15) is 5.82 Å². The van der Waals surface area contributed by atoms with Crippen LogP contribution in [-0.2, 0) is 21.4 Å². The quantitative estimate of drug-likeness (QED) is 0.908. The Morgan fingerprint density at radius 3 is 2.68 bits per heavy atom. The Labute approximate surface area is 132 Å². The molecular formula is C14H15FN2O3S2. The minimum atomic E-state index is -3.77. The van der Waals surface area contributed by atoms with Crippen LogP contribution in [0, 0.1) is 5.82 Å². The van der Waals surface area contributed by atoms with Crippen LogP contribution in [0.1, 0.15) is 11.8 Å². The monoisotopic (exact) mass is 342 g/mol. The summed E-state index contributed by atoms with van der Waals surface area (Å²) in [5.41, 5.74) is -0.155. The van der Waals surface area contributed by atoms with Crippen LogP contribution in [0.15, 0.2) is 40.6 Å². The van der Waals surface area contributed by atoms with Gasteiger partial charge in [0, 0.05) is 25.4 Å². The number of anilines is 1. The second-order valence-electron chi connectivity index (χ2n) is 4.66. The first-order valence-corrected chi connectivity index (χ1v) is 8.68. The Bertz CT molecular complexity index is 773. The average molecular weight is 342 g/mol. The van der Waals surface area contributed by atoms with E-state index in [0.29, 0.717) is 0 Å². The highest BCUT2D eigenvalue weighted by Gasteiger charge is 2.22. The van der Waals surface area contributed by atoms with E-state index in [1.54, 1.807) is 0 Å². The number of amides is 1. The number of carbonyl (C=O) groups excluding carboxylic acids is 1. The number of rotatable bonds is 5. The Morgan fingerprint density at radius 2 is 2.09 bits per heavy atom. The van der Waals surface area contributed by atoms with Crippen LogP contribution >= 0.6 is 11.3 Å². The van der Waals surface area contributed by atoms with Crippen LogP contribution in [-0.4, -0.2) is 25.7 Å². The smallest absolute Gasteiger partial charge is 0.243 e. The van der Waals surface area contributed by atoms with Gasteiger partial charge in [0.15, 0.2) is 0 Å². The molecule has 0 aliphatic heterocycles. The zero-order valence-electron chi connectivity index (χ0n) is 12.0. The van der Waals surface area contributed by atoms with Crippen molar-refractivity contribution in [3.63, 3.8) is 0 Å². The van der Waals surface area contributed by atoms with E-state index in [1.165, 1.54) is 35.7 Å². The summed E-state index contributed by atoms with van der Waals surface area (Å²) >= 11 is 1.45. The van der Waals surface area contributed by atoms with Gasteiger partial charge in [-0.2, -0.15) is 4.31 Å². The third kappa shape index (κ3) is 3.70. The summed E-state index contributed by atoms with van der Waals surface area (Å²) in [6.07, 6.45) is 0. The maximum absolute atomic E-state index is 13.6. The molecular weight excluding hydrogens is 327 g/mol. The van der Waals surface area contributed by atoms with Gasteiger partial charge in [0.05, 0.1) is 10.6 Å². The molecule has 2 rings (SSSR count). The van der Waals surface area contributed by atoms with Crippen molar-refractivity contribution in [1.82, 2.24) is 4.31 Å². The number of thiophene rings is 1. The molecule has 0 bridgehead atoms. The highest BCUT2D eigenvalue weighted by molar-refractivity contribution is 7.89. The lowest BCUT2D eigenvalue weighted by Gasteiger charge is -2.17. The van der Waals surface area contributed by atoms with Gasteiger partial charge >= 0.3 is 0 Å². The van der Waals surface area contributed by atoms with Crippen molar-refractivity contribution in [3.8, 4) is 0 Å². The maximum Gasteiger partial charge on any atom is 0.243 e. The van der Waals surface area contributed by atoms with E-state index in [2.05, 4.69) is 5.32 Å². The van der Waals surface area contributed by atoms with Crippen LogP contribution in [0.4, 0.5) is 10.1 Å².